The highest BCUT2D eigenvalue weighted by molar-refractivity contribution is 6.31. The van der Waals surface area contributed by atoms with Gasteiger partial charge in [0.15, 0.2) is 0 Å². The summed E-state index contributed by atoms with van der Waals surface area (Å²) in [5, 5.41) is 1.18. The molecule has 2 spiro atoms. The first kappa shape index (κ1) is 26.7. The predicted octanol–water partition coefficient (Wildman–Crippen LogP) is 6.25. The molecule has 0 aromatic heterocycles. The molecule has 1 fully saturated rings. The molecule has 0 unspecified atom stereocenters. The minimum atomic E-state index is -1.08. The summed E-state index contributed by atoms with van der Waals surface area (Å²) in [6, 6.07) is 27.8. The summed E-state index contributed by atoms with van der Waals surface area (Å²) in [7, 11) is 3.71. The van der Waals surface area contributed by atoms with E-state index in [-0.39, 0.29) is 11.8 Å². The molecule has 44 heavy (non-hydrogen) atoms. The van der Waals surface area contributed by atoms with Crippen LogP contribution < -0.4 is 9.80 Å². The number of amides is 2. The highest BCUT2D eigenvalue weighted by Gasteiger charge is 2.75. The maximum Gasteiger partial charge on any atom is 0.253 e. The summed E-state index contributed by atoms with van der Waals surface area (Å²) in [6.07, 6.45) is 1.55. The Morgan fingerprint density at radius 3 is 1.45 bits per heavy atom. The maximum atomic E-state index is 15.2. The number of rotatable bonds is 0. The van der Waals surface area contributed by atoms with Gasteiger partial charge in [-0.2, -0.15) is 0 Å². The maximum absolute atomic E-state index is 15.2. The first-order valence-corrected chi connectivity index (χ1v) is 15.9. The molecule has 0 N–H and O–H groups in total. The fourth-order valence-electron chi connectivity index (χ4n) is 9.36. The monoisotopic (exact) mass is 620 g/mol. The highest BCUT2D eigenvalue weighted by atomic mass is 35.5. The van der Waals surface area contributed by atoms with Crippen molar-refractivity contribution in [3.05, 3.63) is 128 Å². The van der Waals surface area contributed by atoms with E-state index in [1.165, 1.54) is 11.1 Å². The second kappa shape index (κ2) is 8.95. The Morgan fingerprint density at radius 2 is 1.02 bits per heavy atom. The van der Waals surface area contributed by atoms with Crippen molar-refractivity contribution in [2.45, 2.75) is 36.0 Å². The first-order valence-electron chi connectivity index (χ1n) is 15.2. The van der Waals surface area contributed by atoms with Crippen LogP contribution in [0.3, 0.4) is 0 Å². The fourth-order valence-corrected chi connectivity index (χ4v) is 9.69. The average molecular weight is 622 g/mol. The molecule has 5 aliphatic heterocycles. The van der Waals surface area contributed by atoms with Gasteiger partial charge in [0.05, 0.1) is 23.5 Å². The Kier molecular flexibility index (Phi) is 5.43. The van der Waals surface area contributed by atoms with Crippen LogP contribution in [-0.2, 0) is 33.5 Å². The molecule has 5 heterocycles. The second-order valence-electron chi connectivity index (χ2n) is 12.7. The minimum absolute atomic E-state index is 0.0100. The van der Waals surface area contributed by atoms with Crippen LogP contribution in [-0.4, -0.2) is 48.8 Å². The molecule has 2 amide bonds. The molecule has 8 heteroatoms. The van der Waals surface area contributed by atoms with Crippen LogP contribution in [0.25, 0.3) is 0 Å². The van der Waals surface area contributed by atoms with Crippen molar-refractivity contribution in [1.29, 1.82) is 0 Å². The molecule has 9 rings (SSSR count). The number of carbonyl (C=O) groups is 2. The van der Waals surface area contributed by atoms with Crippen molar-refractivity contribution in [1.82, 2.24) is 9.80 Å². The second-order valence-corrected chi connectivity index (χ2v) is 13.5. The summed E-state index contributed by atoms with van der Waals surface area (Å²) in [4.78, 5) is 38.8. The molecule has 0 saturated carbocycles. The van der Waals surface area contributed by atoms with Gasteiger partial charge in [-0.25, -0.2) is 0 Å². The quantitative estimate of drug-likeness (QED) is 0.233. The topological polar surface area (TPSA) is 47.1 Å². The Morgan fingerprint density at radius 1 is 0.614 bits per heavy atom. The molecule has 5 aliphatic rings. The standard InChI is InChI=1S/C36H30Cl2N4O2/c1-39-29-19-23(37)11-13-27(29)35(33(39)43)31-25-9-5-3-7-21(25)16-18-42(31)36(28-14-12-24(38)20-30(28)40(2)34(36)44)32-26-10-6-4-8-22(26)15-17-41(32)35/h3-14,19-20,31-32H,15-18H2,1-2H3/t31-,32-,35+,36+/m1/s1. The molecule has 4 atom stereocenters. The minimum Gasteiger partial charge on any atom is -0.313 e. The number of piperazine rings is 1. The van der Waals surface area contributed by atoms with E-state index in [4.69, 9.17) is 23.2 Å². The van der Waals surface area contributed by atoms with Crippen LogP contribution >= 0.6 is 23.2 Å². The lowest BCUT2D eigenvalue weighted by molar-refractivity contribution is -0.192. The third kappa shape index (κ3) is 2.96. The summed E-state index contributed by atoms with van der Waals surface area (Å²) >= 11 is 13.1. The zero-order valence-electron chi connectivity index (χ0n) is 24.4. The van der Waals surface area contributed by atoms with Gasteiger partial charge in [-0.1, -0.05) is 83.9 Å². The number of fused-ring (bicyclic) bond motifs is 14. The Balaban J connectivity index is 1.45. The van der Waals surface area contributed by atoms with E-state index in [0.717, 1.165) is 46.5 Å². The van der Waals surface area contributed by atoms with Crippen LogP contribution in [0, 0.1) is 0 Å². The average Bonchev–Trinajstić information content (AvgIpc) is 3.39. The molecule has 220 valence electrons. The number of likely N-dealkylation sites (N-methyl/N-ethyl adjacent to an activating group) is 2. The molecule has 4 aromatic rings. The van der Waals surface area contributed by atoms with Crippen LogP contribution in [0.15, 0.2) is 84.9 Å². The summed E-state index contributed by atoms with van der Waals surface area (Å²) < 4.78 is 0. The van der Waals surface area contributed by atoms with Crippen molar-refractivity contribution in [3.63, 3.8) is 0 Å². The van der Waals surface area contributed by atoms with Crippen LogP contribution in [0.2, 0.25) is 10.0 Å². The molecule has 1 saturated heterocycles. The SMILES string of the molecule is CN1C(=O)[C@]2(c3ccc(Cl)cc31)[C@H]1c3ccccc3CCN1[C@]1(C(=O)N(C)c3cc(Cl)ccc31)[C@H]1c3ccccc3CCN12. The number of halogens is 2. The smallest absolute Gasteiger partial charge is 0.253 e. The van der Waals surface area contributed by atoms with E-state index >= 15 is 9.59 Å². The number of nitrogens with zero attached hydrogens (tertiary/aromatic N) is 4. The van der Waals surface area contributed by atoms with Gasteiger partial charge in [-0.05, 0) is 59.4 Å². The van der Waals surface area contributed by atoms with E-state index in [1.807, 2.05) is 50.5 Å². The molecule has 6 nitrogen and oxygen atoms in total. The van der Waals surface area contributed by atoms with Gasteiger partial charge >= 0.3 is 0 Å². The van der Waals surface area contributed by atoms with Crippen LogP contribution in [0.5, 0.6) is 0 Å². The Labute approximate surface area is 266 Å². The lowest BCUT2D eigenvalue weighted by Crippen LogP contribution is -2.76. The zero-order chi connectivity index (χ0) is 30.1. The van der Waals surface area contributed by atoms with E-state index in [1.54, 1.807) is 9.80 Å². The lowest BCUT2D eigenvalue weighted by Gasteiger charge is -2.66. The zero-order valence-corrected chi connectivity index (χ0v) is 25.9. The highest BCUT2D eigenvalue weighted by Crippen LogP contribution is 2.68. The van der Waals surface area contributed by atoms with Crippen molar-refractivity contribution in [2.75, 3.05) is 37.0 Å². The van der Waals surface area contributed by atoms with E-state index in [0.29, 0.717) is 23.1 Å². The molecule has 4 aromatic carbocycles. The number of anilines is 2. The normalized spacial score (nSPS) is 28.5. The van der Waals surface area contributed by atoms with Gasteiger partial charge in [0.25, 0.3) is 11.8 Å². The van der Waals surface area contributed by atoms with E-state index in [2.05, 4.69) is 58.3 Å². The van der Waals surface area contributed by atoms with Gasteiger partial charge in [0.2, 0.25) is 0 Å². The number of carbonyl (C=O) groups excluding carboxylic acids is 2. The van der Waals surface area contributed by atoms with Crippen molar-refractivity contribution in [2.24, 2.45) is 0 Å². The van der Waals surface area contributed by atoms with Crippen molar-refractivity contribution >= 4 is 46.4 Å². The van der Waals surface area contributed by atoms with Crippen molar-refractivity contribution < 1.29 is 9.59 Å². The Bertz CT molecular complexity index is 1810. The molecular weight excluding hydrogens is 591 g/mol. The number of hydrogen-bond acceptors (Lipinski definition) is 4. The fraction of sp³-hybridized carbons (Fsp3) is 0.278. The van der Waals surface area contributed by atoms with Crippen LogP contribution in [0.4, 0.5) is 11.4 Å². The molecule has 0 aliphatic carbocycles. The largest absolute Gasteiger partial charge is 0.313 e. The van der Waals surface area contributed by atoms with Gasteiger partial charge in [-0.15, -0.1) is 0 Å². The summed E-state index contributed by atoms with van der Waals surface area (Å²) in [6.45, 7) is 1.25. The predicted molar refractivity (Wildman–Crippen MR) is 172 cm³/mol. The van der Waals surface area contributed by atoms with Gasteiger partial charge in [-0.3, -0.25) is 19.4 Å². The lowest BCUT2D eigenvalue weighted by atomic mass is 9.62. The summed E-state index contributed by atoms with van der Waals surface area (Å²) in [5.41, 5.74) is 5.98. The number of benzene rings is 4. The third-order valence-corrected chi connectivity index (χ3v) is 11.5. The van der Waals surface area contributed by atoms with E-state index < -0.39 is 23.2 Å². The first-order chi connectivity index (χ1) is 21.3. The van der Waals surface area contributed by atoms with Gasteiger partial charge in [0.1, 0.15) is 11.1 Å². The third-order valence-electron chi connectivity index (χ3n) is 11.0. The number of hydrogen-bond donors (Lipinski definition) is 0. The molecular formula is C36H30Cl2N4O2. The Hall–Kier alpha value is -3.68. The summed E-state index contributed by atoms with van der Waals surface area (Å²) in [5.74, 6) is 0.0201. The van der Waals surface area contributed by atoms with Crippen LogP contribution in [0.1, 0.15) is 45.5 Å². The van der Waals surface area contributed by atoms with Gasteiger partial charge in [0, 0.05) is 48.4 Å². The molecule has 0 radical (unpaired) electrons. The van der Waals surface area contributed by atoms with Gasteiger partial charge < -0.3 is 9.80 Å². The molecule has 0 bridgehead atoms. The van der Waals surface area contributed by atoms with E-state index in [9.17, 15) is 0 Å². The van der Waals surface area contributed by atoms with Crippen molar-refractivity contribution in [3.8, 4) is 0 Å².